The fraction of sp³-hybridized carbons (Fsp3) is 0.176. The first-order valence-electron chi connectivity index (χ1n) is 7.61. The normalized spacial score (nSPS) is 12.0. The summed E-state index contributed by atoms with van der Waals surface area (Å²) < 4.78 is 1.56. The zero-order valence-corrected chi connectivity index (χ0v) is 15.3. The van der Waals surface area contributed by atoms with Gasteiger partial charge in [-0.2, -0.15) is 4.68 Å². The lowest BCUT2D eigenvalue weighted by atomic mass is 10.2. The van der Waals surface area contributed by atoms with E-state index in [1.54, 1.807) is 16.8 Å². The fourth-order valence-corrected chi connectivity index (χ4v) is 3.19. The minimum atomic E-state index is -0.371. The quantitative estimate of drug-likeness (QED) is 0.689. The molecule has 0 aliphatic carbocycles. The van der Waals surface area contributed by atoms with Crippen LogP contribution in [-0.4, -0.2) is 31.4 Å². The Bertz CT molecular complexity index is 898. The highest BCUT2D eigenvalue weighted by Crippen LogP contribution is 2.25. The van der Waals surface area contributed by atoms with Gasteiger partial charge in [-0.3, -0.25) is 4.79 Å². The SMILES string of the molecule is Cc1cccc(NC(=O)[C@@H](C)Sc2nnnn2-c2cccc(Cl)c2)c1. The molecule has 0 saturated carbocycles. The Morgan fingerprint density at radius 2 is 2.04 bits per heavy atom. The number of carbonyl (C=O) groups excluding carboxylic acids is 1. The summed E-state index contributed by atoms with van der Waals surface area (Å²) in [6.07, 6.45) is 0. The van der Waals surface area contributed by atoms with Crippen LogP contribution in [0, 0.1) is 6.92 Å². The van der Waals surface area contributed by atoms with Gasteiger partial charge < -0.3 is 5.32 Å². The van der Waals surface area contributed by atoms with Gasteiger partial charge >= 0.3 is 0 Å². The molecule has 0 spiro atoms. The van der Waals surface area contributed by atoms with Crippen LogP contribution in [-0.2, 0) is 4.79 Å². The van der Waals surface area contributed by atoms with Crippen LogP contribution < -0.4 is 5.32 Å². The average molecular weight is 374 g/mol. The number of aromatic nitrogens is 4. The number of hydrogen-bond donors (Lipinski definition) is 1. The number of rotatable bonds is 5. The number of amides is 1. The highest BCUT2D eigenvalue weighted by Gasteiger charge is 2.19. The van der Waals surface area contributed by atoms with Crippen molar-refractivity contribution in [2.45, 2.75) is 24.3 Å². The zero-order valence-electron chi connectivity index (χ0n) is 13.7. The third kappa shape index (κ3) is 4.37. The van der Waals surface area contributed by atoms with Crippen molar-refractivity contribution in [3.63, 3.8) is 0 Å². The van der Waals surface area contributed by atoms with E-state index in [1.165, 1.54) is 11.8 Å². The van der Waals surface area contributed by atoms with Gasteiger partial charge in [-0.25, -0.2) is 0 Å². The molecule has 1 atom stereocenters. The van der Waals surface area contributed by atoms with Gasteiger partial charge in [-0.05, 0) is 60.2 Å². The Hall–Kier alpha value is -2.38. The topological polar surface area (TPSA) is 72.7 Å². The molecule has 6 nitrogen and oxygen atoms in total. The predicted molar refractivity (Wildman–Crippen MR) is 99.3 cm³/mol. The molecule has 0 radical (unpaired) electrons. The second-order valence-electron chi connectivity index (χ2n) is 5.47. The maximum Gasteiger partial charge on any atom is 0.237 e. The highest BCUT2D eigenvalue weighted by atomic mass is 35.5. The number of benzene rings is 2. The number of nitrogens with zero attached hydrogens (tertiary/aromatic N) is 4. The number of halogens is 1. The van der Waals surface area contributed by atoms with Crippen LogP contribution in [0.15, 0.2) is 53.7 Å². The van der Waals surface area contributed by atoms with E-state index in [-0.39, 0.29) is 11.2 Å². The summed E-state index contributed by atoms with van der Waals surface area (Å²) in [5, 5.41) is 15.3. The monoisotopic (exact) mass is 373 g/mol. The molecule has 0 unspecified atom stereocenters. The van der Waals surface area contributed by atoms with E-state index in [0.29, 0.717) is 10.2 Å². The lowest BCUT2D eigenvalue weighted by Gasteiger charge is -2.12. The number of anilines is 1. The molecule has 0 aliphatic rings. The van der Waals surface area contributed by atoms with Crippen molar-refractivity contribution >= 4 is 35.0 Å². The maximum absolute atomic E-state index is 12.4. The second-order valence-corrected chi connectivity index (χ2v) is 7.22. The zero-order chi connectivity index (χ0) is 17.8. The van der Waals surface area contributed by atoms with Gasteiger partial charge in [0.25, 0.3) is 0 Å². The summed E-state index contributed by atoms with van der Waals surface area (Å²) in [5.74, 6) is -0.115. The minimum Gasteiger partial charge on any atom is -0.325 e. The Labute approximate surface area is 154 Å². The van der Waals surface area contributed by atoms with Crippen LogP contribution in [0.3, 0.4) is 0 Å². The molecule has 25 heavy (non-hydrogen) atoms. The van der Waals surface area contributed by atoms with Crippen molar-refractivity contribution in [3.8, 4) is 5.69 Å². The smallest absolute Gasteiger partial charge is 0.237 e. The Morgan fingerprint density at radius 3 is 2.80 bits per heavy atom. The van der Waals surface area contributed by atoms with Crippen LogP contribution >= 0.6 is 23.4 Å². The molecular formula is C17H16ClN5OS. The molecule has 2 aromatic carbocycles. The summed E-state index contributed by atoms with van der Waals surface area (Å²) >= 11 is 7.30. The first-order valence-corrected chi connectivity index (χ1v) is 8.87. The molecule has 3 rings (SSSR count). The predicted octanol–water partition coefficient (Wildman–Crippen LogP) is 3.74. The molecule has 0 bridgehead atoms. The summed E-state index contributed by atoms with van der Waals surface area (Å²) in [7, 11) is 0. The molecule has 1 heterocycles. The largest absolute Gasteiger partial charge is 0.325 e. The molecular weight excluding hydrogens is 358 g/mol. The van der Waals surface area contributed by atoms with Gasteiger partial charge in [0.05, 0.1) is 10.9 Å². The van der Waals surface area contributed by atoms with E-state index in [4.69, 9.17) is 11.6 Å². The van der Waals surface area contributed by atoms with Gasteiger partial charge in [-0.15, -0.1) is 5.10 Å². The Kier molecular flexibility index (Phi) is 5.35. The first kappa shape index (κ1) is 17.4. The molecule has 0 fully saturated rings. The average Bonchev–Trinajstić information content (AvgIpc) is 3.03. The van der Waals surface area contributed by atoms with Crippen molar-refractivity contribution in [1.82, 2.24) is 20.2 Å². The fourth-order valence-electron chi connectivity index (χ4n) is 2.20. The van der Waals surface area contributed by atoms with E-state index in [1.807, 2.05) is 50.2 Å². The van der Waals surface area contributed by atoms with Crippen molar-refractivity contribution < 1.29 is 4.79 Å². The lowest BCUT2D eigenvalue weighted by molar-refractivity contribution is -0.115. The number of thioether (sulfide) groups is 1. The number of tetrazole rings is 1. The Balaban J connectivity index is 1.72. The van der Waals surface area contributed by atoms with Gasteiger partial charge in [0.2, 0.25) is 11.1 Å². The van der Waals surface area contributed by atoms with Crippen molar-refractivity contribution in [3.05, 3.63) is 59.1 Å². The molecule has 3 aromatic rings. The molecule has 1 N–H and O–H groups in total. The van der Waals surface area contributed by atoms with Gasteiger partial charge in [-0.1, -0.05) is 41.6 Å². The first-order chi connectivity index (χ1) is 12.0. The highest BCUT2D eigenvalue weighted by molar-refractivity contribution is 8.00. The summed E-state index contributed by atoms with van der Waals surface area (Å²) in [6.45, 7) is 3.79. The van der Waals surface area contributed by atoms with E-state index in [2.05, 4.69) is 20.8 Å². The van der Waals surface area contributed by atoms with Gasteiger partial charge in [0, 0.05) is 10.7 Å². The third-order valence-electron chi connectivity index (χ3n) is 3.43. The standard InChI is InChI=1S/C17H16ClN5OS/c1-11-5-3-7-14(9-11)19-16(24)12(2)25-17-20-21-22-23(17)15-8-4-6-13(18)10-15/h3-10,12H,1-2H3,(H,19,24)/t12-/m1/s1. The molecule has 128 valence electrons. The number of aryl methyl sites for hydroxylation is 1. The number of carbonyl (C=O) groups is 1. The molecule has 8 heteroatoms. The van der Waals surface area contributed by atoms with E-state index >= 15 is 0 Å². The van der Waals surface area contributed by atoms with E-state index in [0.717, 1.165) is 16.9 Å². The van der Waals surface area contributed by atoms with Gasteiger partial charge in [0.1, 0.15) is 0 Å². The molecule has 1 aromatic heterocycles. The van der Waals surface area contributed by atoms with Crippen LogP contribution in [0.1, 0.15) is 12.5 Å². The van der Waals surface area contributed by atoms with Crippen molar-refractivity contribution in [2.24, 2.45) is 0 Å². The van der Waals surface area contributed by atoms with Crippen molar-refractivity contribution in [1.29, 1.82) is 0 Å². The second kappa shape index (κ2) is 7.67. The molecule has 0 saturated heterocycles. The lowest BCUT2D eigenvalue weighted by Crippen LogP contribution is -2.23. The van der Waals surface area contributed by atoms with Crippen LogP contribution in [0.25, 0.3) is 5.69 Å². The third-order valence-corrected chi connectivity index (χ3v) is 4.70. The minimum absolute atomic E-state index is 0.115. The van der Waals surface area contributed by atoms with E-state index in [9.17, 15) is 4.79 Å². The van der Waals surface area contributed by atoms with Crippen molar-refractivity contribution in [2.75, 3.05) is 5.32 Å². The van der Waals surface area contributed by atoms with Crippen LogP contribution in [0.5, 0.6) is 0 Å². The summed E-state index contributed by atoms with van der Waals surface area (Å²) in [4.78, 5) is 12.4. The number of hydrogen-bond acceptors (Lipinski definition) is 5. The van der Waals surface area contributed by atoms with E-state index < -0.39 is 0 Å². The summed E-state index contributed by atoms with van der Waals surface area (Å²) in [5.41, 5.74) is 2.60. The van der Waals surface area contributed by atoms with Crippen LogP contribution in [0.4, 0.5) is 5.69 Å². The molecule has 1 amide bonds. The Morgan fingerprint density at radius 1 is 1.24 bits per heavy atom. The maximum atomic E-state index is 12.4. The summed E-state index contributed by atoms with van der Waals surface area (Å²) in [6, 6.07) is 14.9. The number of nitrogens with one attached hydrogen (secondary N) is 1. The van der Waals surface area contributed by atoms with Gasteiger partial charge in [0.15, 0.2) is 0 Å². The van der Waals surface area contributed by atoms with Crippen LogP contribution in [0.2, 0.25) is 5.02 Å². The molecule has 0 aliphatic heterocycles.